The van der Waals surface area contributed by atoms with E-state index < -0.39 is 0 Å². The maximum absolute atomic E-state index is 5.82. The van der Waals surface area contributed by atoms with Crippen molar-refractivity contribution in [3.8, 4) is 0 Å². The molecule has 0 aliphatic heterocycles. The zero-order valence-electron chi connectivity index (χ0n) is 10.2. The van der Waals surface area contributed by atoms with Crippen LogP contribution in [0.5, 0.6) is 0 Å². The minimum Gasteiger partial charge on any atom is -0.369 e. The average Bonchev–Trinajstić information content (AvgIpc) is 2.19. The van der Waals surface area contributed by atoms with Crippen LogP contribution in [0.1, 0.15) is 39.3 Å². The lowest BCUT2D eigenvalue weighted by Crippen LogP contribution is -2.30. The van der Waals surface area contributed by atoms with E-state index >= 15 is 0 Å². The summed E-state index contributed by atoms with van der Waals surface area (Å²) in [5, 5.41) is 0. The first-order chi connectivity index (χ1) is 7.06. The zero-order valence-corrected chi connectivity index (χ0v) is 10.2. The molecule has 0 radical (unpaired) electrons. The van der Waals surface area contributed by atoms with Gasteiger partial charge in [0.15, 0.2) is 0 Å². The molecule has 0 saturated carbocycles. The van der Waals surface area contributed by atoms with E-state index in [1.54, 1.807) is 0 Å². The zero-order chi connectivity index (χ0) is 11.4. The predicted octanol–water partition coefficient (Wildman–Crippen LogP) is 2.94. The molecule has 2 nitrogen and oxygen atoms in total. The van der Waals surface area contributed by atoms with E-state index in [4.69, 9.17) is 5.73 Å². The van der Waals surface area contributed by atoms with E-state index in [1.807, 2.05) is 6.92 Å². The largest absolute Gasteiger partial charge is 0.369 e. The van der Waals surface area contributed by atoms with Crippen molar-refractivity contribution < 1.29 is 0 Å². The van der Waals surface area contributed by atoms with Crippen molar-refractivity contribution in [3.63, 3.8) is 0 Å². The van der Waals surface area contributed by atoms with Gasteiger partial charge in [-0.15, -0.1) is 0 Å². The SMILES string of the molecule is CCN(c1ccc(C(C)N)cc1)C(C)C. The van der Waals surface area contributed by atoms with Crippen molar-refractivity contribution in [3.05, 3.63) is 29.8 Å². The van der Waals surface area contributed by atoms with Crippen molar-refractivity contribution in [2.75, 3.05) is 11.4 Å². The van der Waals surface area contributed by atoms with Gasteiger partial charge in [-0.2, -0.15) is 0 Å². The molecule has 1 atom stereocenters. The number of anilines is 1. The van der Waals surface area contributed by atoms with Gasteiger partial charge in [0.2, 0.25) is 0 Å². The van der Waals surface area contributed by atoms with Crippen molar-refractivity contribution in [2.24, 2.45) is 5.73 Å². The first kappa shape index (κ1) is 12.1. The lowest BCUT2D eigenvalue weighted by Gasteiger charge is -2.27. The Labute approximate surface area is 93.1 Å². The van der Waals surface area contributed by atoms with Crippen LogP contribution in [0.4, 0.5) is 5.69 Å². The van der Waals surface area contributed by atoms with E-state index in [-0.39, 0.29) is 6.04 Å². The second-order valence-electron chi connectivity index (χ2n) is 4.26. The Morgan fingerprint density at radius 3 is 2.00 bits per heavy atom. The molecule has 84 valence electrons. The van der Waals surface area contributed by atoms with Crippen LogP contribution in [0.25, 0.3) is 0 Å². The van der Waals surface area contributed by atoms with E-state index in [0.717, 1.165) is 6.54 Å². The summed E-state index contributed by atoms with van der Waals surface area (Å²) in [7, 11) is 0. The van der Waals surface area contributed by atoms with Crippen LogP contribution < -0.4 is 10.6 Å². The minimum absolute atomic E-state index is 0.119. The fraction of sp³-hybridized carbons (Fsp3) is 0.538. The predicted molar refractivity (Wildman–Crippen MR) is 67.2 cm³/mol. The van der Waals surface area contributed by atoms with Gasteiger partial charge in [-0.3, -0.25) is 0 Å². The summed E-state index contributed by atoms with van der Waals surface area (Å²) >= 11 is 0. The molecule has 15 heavy (non-hydrogen) atoms. The van der Waals surface area contributed by atoms with Gasteiger partial charge in [-0.05, 0) is 45.4 Å². The second kappa shape index (κ2) is 5.17. The fourth-order valence-corrected chi connectivity index (χ4v) is 1.82. The highest BCUT2D eigenvalue weighted by molar-refractivity contribution is 5.48. The van der Waals surface area contributed by atoms with Gasteiger partial charge in [0.05, 0.1) is 0 Å². The van der Waals surface area contributed by atoms with E-state index in [0.29, 0.717) is 6.04 Å². The summed E-state index contributed by atoms with van der Waals surface area (Å²) in [6.45, 7) is 9.65. The topological polar surface area (TPSA) is 29.3 Å². The highest BCUT2D eigenvalue weighted by Crippen LogP contribution is 2.19. The third-order valence-corrected chi connectivity index (χ3v) is 2.71. The molecular formula is C13H22N2. The number of rotatable bonds is 4. The molecule has 2 N–H and O–H groups in total. The van der Waals surface area contributed by atoms with E-state index in [2.05, 4.69) is 49.9 Å². The number of benzene rings is 1. The molecule has 0 fully saturated rings. The minimum atomic E-state index is 0.119. The van der Waals surface area contributed by atoms with Gasteiger partial charge in [0, 0.05) is 24.3 Å². The molecule has 0 heterocycles. The summed E-state index contributed by atoms with van der Waals surface area (Å²) in [4.78, 5) is 2.37. The van der Waals surface area contributed by atoms with Crippen LogP contribution in [0, 0.1) is 0 Å². The molecule has 0 spiro atoms. The van der Waals surface area contributed by atoms with Crippen LogP contribution in [-0.4, -0.2) is 12.6 Å². The molecule has 2 heteroatoms. The Hall–Kier alpha value is -1.02. The van der Waals surface area contributed by atoms with Crippen molar-refractivity contribution in [2.45, 2.75) is 39.8 Å². The van der Waals surface area contributed by atoms with E-state index in [1.165, 1.54) is 11.3 Å². The molecule has 0 saturated heterocycles. The Morgan fingerprint density at radius 2 is 1.67 bits per heavy atom. The molecule has 1 aromatic carbocycles. The van der Waals surface area contributed by atoms with Gasteiger partial charge < -0.3 is 10.6 Å². The van der Waals surface area contributed by atoms with Crippen molar-refractivity contribution in [1.82, 2.24) is 0 Å². The highest BCUT2D eigenvalue weighted by atomic mass is 15.1. The molecule has 0 aromatic heterocycles. The van der Waals surface area contributed by atoms with Crippen molar-refractivity contribution in [1.29, 1.82) is 0 Å². The lowest BCUT2D eigenvalue weighted by molar-refractivity contribution is 0.703. The van der Waals surface area contributed by atoms with Gasteiger partial charge in [-0.25, -0.2) is 0 Å². The quantitative estimate of drug-likeness (QED) is 0.820. The molecular weight excluding hydrogens is 184 g/mol. The molecule has 1 unspecified atom stereocenters. The monoisotopic (exact) mass is 206 g/mol. The summed E-state index contributed by atoms with van der Waals surface area (Å²) in [5.74, 6) is 0. The van der Waals surface area contributed by atoms with Crippen LogP contribution in [0.3, 0.4) is 0 Å². The Morgan fingerprint density at radius 1 is 1.13 bits per heavy atom. The molecule has 0 amide bonds. The van der Waals surface area contributed by atoms with Crippen LogP contribution in [0.15, 0.2) is 24.3 Å². The molecule has 1 aromatic rings. The summed E-state index contributed by atoms with van der Waals surface area (Å²) < 4.78 is 0. The normalized spacial score (nSPS) is 12.9. The smallest absolute Gasteiger partial charge is 0.0368 e. The number of nitrogens with two attached hydrogens (primary N) is 1. The first-order valence-corrected chi connectivity index (χ1v) is 5.68. The summed E-state index contributed by atoms with van der Waals surface area (Å²) in [6.07, 6.45) is 0. The summed E-state index contributed by atoms with van der Waals surface area (Å²) in [5.41, 5.74) is 8.29. The molecule has 0 bridgehead atoms. The fourth-order valence-electron chi connectivity index (χ4n) is 1.82. The van der Waals surface area contributed by atoms with E-state index in [9.17, 15) is 0 Å². The molecule has 0 aliphatic rings. The Balaban J connectivity index is 2.87. The first-order valence-electron chi connectivity index (χ1n) is 5.68. The van der Waals surface area contributed by atoms with Crippen LogP contribution >= 0.6 is 0 Å². The van der Waals surface area contributed by atoms with Crippen LogP contribution in [0.2, 0.25) is 0 Å². The van der Waals surface area contributed by atoms with Gasteiger partial charge in [-0.1, -0.05) is 12.1 Å². The van der Waals surface area contributed by atoms with Crippen molar-refractivity contribution >= 4 is 5.69 Å². The standard InChI is InChI=1S/C13H22N2/c1-5-15(10(2)3)13-8-6-12(7-9-13)11(4)14/h6-11H,5,14H2,1-4H3. The number of nitrogens with zero attached hydrogens (tertiary/aromatic N) is 1. The maximum Gasteiger partial charge on any atom is 0.0368 e. The van der Waals surface area contributed by atoms with Gasteiger partial charge in [0.1, 0.15) is 0 Å². The number of hydrogen-bond acceptors (Lipinski definition) is 2. The second-order valence-corrected chi connectivity index (χ2v) is 4.26. The third-order valence-electron chi connectivity index (χ3n) is 2.71. The lowest BCUT2D eigenvalue weighted by atomic mass is 10.1. The third kappa shape index (κ3) is 2.96. The maximum atomic E-state index is 5.82. The Bertz CT molecular complexity index is 288. The van der Waals surface area contributed by atoms with Gasteiger partial charge in [0.25, 0.3) is 0 Å². The molecule has 0 aliphatic carbocycles. The Kier molecular flexibility index (Phi) is 4.15. The van der Waals surface area contributed by atoms with Gasteiger partial charge >= 0.3 is 0 Å². The highest BCUT2D eigenvalue weighted by Gasteiger charge is 2.08. The molecule has 1 rings (SSSR count). The average molecular weight is 206 g/mol. The summed E-state index contributed by atoms with van der Waals surface area (Å²) in [6, 6.07) is 9.20. The van der Waals surface area contributed by atoms with Crippen LogP contribution in [-0.2, 0) is 0 Å². The number of hydrogen-bond donors (Lipinski definition) is 1.